The summed E-state index contributed by atoms with van der Waals surface area (Å²) in [6, 6.07) is 8.50. The number of carbonyl (C=O) groups excluding carboxylic acids is 2. The highest BCUT2D eigenvalue weighted by atomic mass is 32.2. The molecular weight excluding hydrogens is 356 g/mol. The van der Waals surface area contributed by atoms with Gasteiger partial charge >= 0.3 is 5.97 Å². The van der Waals surface area contributed by atoms with E-state index < -0.39 is 33.9 Å². The molecule has 1 amide bonds. The first-order chi connectivity index (χ1) is 12.2. The summed E-state index contributed by atoms with van der Waals surface area (Å²) in [6.45, 7) is 3.29. The van der Waals surface area contributed by atoms with Crippen LogP contribution in [0.5, 0.6) is 0 Å². The maximum absolute atomic E-state index is 12.1. The van der Waals surface area contributed by atoms with E-state index >= 15 is 0 Å². The minimum Gasteiger partial charge on any atom is -0.448 e. The third-order valence-corrected chi connectivity index (χ3v) is 5.73. The van der Waals surface area contributed by atoms with E-state index in [4.69, 9.17) is 10.00 Å². The molecule has 1 heterocycles. The number of nitriles is 1. The zero-order chi connectivity index (χ0) is 19.3. The molecule has 1 saturated heterocycles. The SMILES string of the molecule is Cc1ccc(/C=C(\C#N)C(=O)O[C@H](C)C(=O)N[C@@H]2CCS(=O)(=O)C2)cc1. The topological polar surface area (TPSA) is 113 Å². The Morgan fingerprint density at radius 2 is 2.00 bits per heavy atom. The van der Waals surface area contributed by atoms with Crippen LogP contribution in [0.15, 0.2) is 29.8 Å². The fourth-order valence-electron chi connectivity index (χ4n) is 2.47. The summed E-state index contributed by atoms with van der Waals surface area (Å²) in [4.78, 5) is 24.2. The van der Waals surface area contributed by atoms with Crippen molar-refractivity contribution < 1.29 is 22.7 Å². The molecule has 1 aromatic carbocycles. The number of carbonyl (C=O) groups is 2. The average molecular weight is 376 g/mol. The molecule has 0 aromatic heterocycles. The summed E-state index contributed by atoms with van der Waals surface area (Å²) in [6.07, 6.45) is 0.585. The fourth-order valence-corrected chi connectivity index (χ4v) is 4.14. The van der Waals surface area contributed by atoms with E-state index in [1.54, 1.807) is 18.2 Å². The number of ether oxygens (including phenoxy) is 1. The molecule has 7 nitrogen and oxygen atoms in total. The van der Waals surface area contributed by atoms with Crippen molar-refractivity contribution >= 4 is 27.8 Å². The first kappa shape index (κ1) is 19.7. The van der Waals surface area contributed by atoms with E-state index in [1.165, 1.54) is 13.0 Å². The van der Waals surface area contributed by atoms with Crippen molar-refractivity contribution in [3.05, 3.63) is 41.0 Å². The van der Waals surface area contributed by atoms with Crippen molar-refractivity contribution in [2.45, 2.75) is 32.4 Å². The Bertz CT molecular complexity index is 866. The van der Waals surface area contributed by atoms with Gasteiger partial charge in [0.05, 0.1) is 11.5 Å². The lowest BCUT2D eigenvalue weighted by Crippen LogP contribution is -2.42. The molecule has 0 saturated carbocycles. The number of benzene rings is 1. The second-order valence-electron chi connectivity index (χ2n) is 6.24. The molecule has 26 heavy (non-hydrogen) atoms. The van der Waals surface area contributed by atoms with Gasteiger partial charge in [-0.15, -0.1) is 0 Å². The summed E-state index contributed by atoms with van der Waals surface area (Å²) in [5.74, 6) is -1.58. The Labute approximate surface area is 152 Å². The van der Waals surface area contributed by atoms with Gasteiger partial charge in [-0.1, -0.05) is 29.8 Å². The second kappa shape index (κ2) is 8.15. The highest BCUT2D eigenvalue weighted by Crippen LogP contribution is 2.13. The van der Waals surface area contributed by atoms with Crippen molar-refractivity contribution in [2.75, 3.05) is 11.5 Å². The molecule has 0 radical (unpaired) electrons. The van der Waals surface area contributed by atoms with E-state index in [0.717, 1.165) is 5.56 Å². The quantitative estimate of drug-likeness (QED) is 0.468. The van der Waals surface area contributed by atoms with E-state index in [2.05, 4.69) is 5.32 Å². The predicted octanol–water partition coefficient (Wildman–Crippen LogP) is 1.14. The number of amides is 1. The predicted molar refractivity (Wildman–Crippen MR) is 95.5 cm³/mol. The van der Waals surface area contributed by atoms with Gasteiger partial charge in [0.2, 0.25) is 0 Å². The van der Waals surface area contributed by atoms with Crippen LogP contribution in [0.3, 0.4) is 0 Å². The Morgan fingerprint density at radius 3 is 2.54 bits per heavy atom. The van der Waals surface area contributed by atoms with Crippen LogP contribution in [0.2, 0.25) is 0 Å². The molecule has 0 unspecified atom stereocenters. The van der Waals surface area contributed by atoms with Gasteiger partial charge in [0.15, 0.2) is 15.9 Å². The lowest BCUT2D eigenvalue weighted by atomic mass is 10.1. The van der Waals surface area contributed by atoms with Gasteiger partial charge in [0.25, 0.3) is 5.91 Å². The molecule has 2 rings (SSSR count). The van der Waals surface area contributed by atoms with Gasteiger partial charge in [-0.2, -0.15) is 5.26 Å². The van der Waals surface area contributed by atoms with Crippen LogP contribution in [0, 0.1) is 18.3 Å². The van der Waals surface area contributed by atoms with Crippen molar-refractivity contribution in [1.82, 2.24) is 5.32 Å². The van der Waals surface area contributed by atoms with Crippen molar-refractivity contribution in [2.24, 2.45) is 0 Å². The molecule has 1 aliphatic heterocycles. The fraction of sp³-hybridized carbons (Fsp3) is 0.389. The van der Waals surface area contributed by atoms with Crippen LogP contribution in [0.4, 0.5) is 0 Å². The summed E-state index contributed by atoms with van der Waals surface area (Å²) in [5.41, 5.74) is 1.48. The summed E-state index contributed by atoms with van der Waals surface area (Å²) in [7, 11) is -3.12. The van der Waals surface area contributed by atoms with E-state index in [1.807, 2.05) is 19.1 Å². The normalized spacial score (nSPS) is 20.0. The molecule has 0 aliphatic carbocycles. The highest BCUT2D eigenvalue weighted by molar-refractivity contribution is 7.91. The van der Waals surface area contributed by atoms with Crippen molar-refractivity contribution in [3.63, 3.8) is 0 Å². The third-order valence-electron chi connectivity index (χ3n) is 3.96. The lowest BCUT2D eigenvalue weighted by Gasteiger charge is -2.16. The third kappa shape index (κ3) is 5.43. The van der Waals surface area contributed by atoms with E-state index in [9.17, 15) is 18.0 Å². The van der Waals surface area contributed by atoms with Crippen LogP contribution in [-0.4, -0.2) is 43.9 Å². The number of nitrogens with zero attached hydrogens (tertiary/aromatic N) is 1. The molecule has 1 aliphatic rings. The van der Waals surface area contributed by atoms with Gasteiger partial charge in [0, 0.05) is 6.04 Å². The molecule has 2 atom stereocenters. The maximum Gasteiger partial charge on any atom is 0.349 e. The Morgan fingerprint density at radius 1 is 1.35 bits per heavy atom. The number of esters is 1. The van der Waals surface area contributed by atoms with Crippen LogP contribution in [-0.2, 0) is 24.2 Å². The number of hydrogen-bond acceptors (Lipinski definition) is 6. The van der Waals surface area contributed by atoms with Crippen molar-refractivity contribution in [1.29, 1.82) is 5.26 Å². The van der Waals surface area contributed by atoms with Gasteiger partial charge in [0.1, 0.15) is 11.6 Å². The molecule has 8 heteroatoms. The monoisotopic (exact) mass is 376 g/mol. The standard InChI is InChI=1S/C18H20N2O5S/c1-12-3-5-14(6-4-12)9-15(10-19)18(22)25-13(2)17(21)20-16-7-8-26(23,24)11-16/h3-6,9,13,16H,7-8,11H2,1-2H3,(H,20,21)/b15-9+/t13-,16-/m1/s1. The second-order valence-corrected chi connectivity index (χ2v) is 8.47. The number of sulfone groups is 1. The largest absolute Gasteiger partial charge is 0.448 e. The number of aryl methyl sites for hydroxylation is 1. The Kier molecular flexibility index (Phi) is 6.16. The Balaban J connectivity index is 1.97. The number of nitrogens with one attached hydrogen (secondary N) is 1. The van der Waals surface area contributed by atoms with Gasteiger partial charge in [-0.3, -0.25) is 4.79 Å². The summed E-state index contributed by atoms with van der Waals surface area (Å²) >= 11 is 0. The molecule has 1 fully saturated rings. The molecule has 138 valence electrons. The molecule has 1 aromatic rings. The van der Waals surface area contributed by atoms with Gasteiger partial charge < -0.3 is 10.1 Å². The van der Waals surface area contributed by atoms with Crippen LogP contribution < -0.4 is 5.32 Å². The lowest BCUT2D eigenvalue weighted by molar-refractivity contribution is -0.150. The van der Waals surface area contributed by atoms with Crippen molar-refractivity contribution in [3.8, 4) is 6.07 Å². The van der Waals surface area contributed by atoms with Crippen LogP contribution in [0.1, 0.15) is 24.5 Å². The molecule has 0 spiro atoms. The van der Waals surface area contributed by atoms with Gasteiger partial charge in [-0.05, 0) is 31.9 Å². The van der Waals surface area contributed by atoms with Crippen LogP contribution in [0.25, 0.3) is 6.08 Å². The van der Waals surface area contributed by atoms with Gasteiger partial charge in [-0.25, -0.2) is 13.2 Å². The summed E-state index contributed by atoms with van der Waals surface area (Å²) in [5, 5.41) is 11.7. The van der Waals surface area contributed by atoms with Crippen LogP contribution >= 0.6 is 0 Å². The minimum absolute atomic E-state index is 0.0317. The minimum atomic E-state index is -3.12. The molecule has 1 N–H and O–H groups in total. The number of hydrogen-bond donors (Lipinski definition) is 1. The number of rotatable bonds is 5. The van der Waals surface area contributed by atoms with E-state index in [0.29, 0.717) is 12.0 Å². The Hall–Kier alpha value is -2.66. The molecular formula is C18H20N2O5S. The maximum atomic E-state index is 12.1. The van der Waals surface area contributed by atoms with E-state index in [-0.39, 0.29) is 17.1 Å². The first-order valence-electron chi connectivity index (χ1n) is 8.10. The smallest absolute Gasteiger partial charge is 0.349 e. The average Bonchev–Trinajstić information content (AvgIpc) is 2.92. The highest BCUT2D eigenvalue weighted by Gasteiger charge is 2.31. The zero-order valence-corrected chi connectivity index (χ0v) is 15.4. The molecule has 0 bridgehead atoms. The zero-order valence-electron chi connectivity index (χ0n) is 14.6. The summed E-state index contributed by atoms with van der Waals surface area (Å²) < 4.78 is 27.9. The first-order valence-corrected chi connectivity index (χ1v) is 9.92.